The predicted molar refractivity (Wildman–Crippen MR) is 91.1 cm³/mol. The molecule has 1 aromatic heterocycles. The third-order valence-corrected chi connectivity index (χ3v) is 4.31. The van der Waals surface area contributed by atoms with Gasteiger partial charge in [-0.3, -0.25) is 0 Å². The van der Waals surface area contributed by atoms with Crippen molar-refractivity contribution in [3.8, 4) is 5.75 Å². The van der Waals surface area contributed by atoms with Crippen LogP contribution >= 0.6 is 15.9 Å². The highest BCUT2D eigenvalue weighted by Crippen LogP contribution is 2.29. The van der Waals surface area contributed by atoms with Gasteiger partial charge >= 0.3 is 11.6 Å². The van der Waals surface area contributed by atoms with Gasteiger partial charge in [0.05, 0.1) is 5.56 Å². The Labute approximate surface area is 140 Å². The summed E-state index contributed by atoms with van der Waals surface area (Å²) in [4.78, 5) is 23.9. The van der Waals surface area contributed by atoms with Crippen LogP contribution in [0.5, 0.6) is 5.75 Å². The number of hydrogen-bond acceptors (Lipinski definition) is 4. The highest BCUT2D eigenvalue weighted by molar-refractivity contribution is 9.10. The van der Waals surface area contributed by atoms with Gasteiger partial charge in [-0.05, 0) is 59.6 Å². The van der Waals surface area contributed by atoms with Gasteiger partial charge in [0, 0.05) is 21.5 Å². The molecule has 0 unspecified atom stereocenters. The molecule has 1 heterocycles. The zero-order chi connectivity index (χ0) is 16.6. The van der Waals surface area contributed by atoms with Crippen LogP contribution in [0.2, 0.25) is 0 Å². The Kier molecular flexibility index (Phi) is 4.05. The zero-order valence-electron chi connectivity index (χ0n) is 12.6. The molecule has 5 heteroatoms. The largest absolute Gasteiger partial charge is 0.422 e. The van der Waals surface area contributed by atoms with E-state index in [1.807, 2.05) is 13.0 Å². The monoisotopic (exact) mass is 372 g/mol. The number of fused-ring (bicyclic) bond motifs is 1. The van der Waals surface area contributed by atoms with Gasteiger partial charge in [-0.15, -0.1) is 0 Å². The van der Waals surface area contributed by atoms with Crippen LogP contribution in [0.25, 0.3) is 11.0 Å². The molecule has 0 radical (unpaired) electrons. The molecule has 0 saturated carbocycles. The van der Waals surface area contributed by atoms with E-state index in [-0.39, 0.29) is 0 Å². The third kappa shape index (κ3) is 2.92. The molecule has 3 aromatic rings. The van der Waals surface area contributed by atoms with Crippen molar-refractivity contribution in [2.75, 3.05) is 0 Å². The molecule has 116 valence electrons. The van der Waals surface area contributed by atoms with E-state index < -0.39 is 11.6 Å². The Morgan fingerprint density at radius 2 is 1.87 bits per heavy atom. The zero-order valence-corrected chi connectivity index (χ0v) is 14.1. The summed E-state index contributed by atoms with van der Waals surface area (Å²) in [6, 6.07) is 12.0. The third-order valence-electron chi connectivity index (χ3n) is 3.61. The van der Waals surface area contributed by atoms with Gasteiger partial charge in [0.15, 0.2) is 0 Å². The van der Waals surface area contributed by atoms with Crippen molar-refractivity contribution in [2.45, 2.75) is 13.8 Å². The predicted octanol–water partition coefficient (Wildman–Crippen LogP) is 4.39. The van der Waals surface area contributed by atoms with Gasteiger partial charge in [-0.25, -0.2) is 9.59 Å². The Balaban J connectivity index is 2.04. The minimum absolute atomic E-state index is 0.368. The van der Waals surface area contributed by atoms with Gasteiger partial charge in [0.25, 0.3) is 0 Å². The van der Waals surface area contributed by atoms with E-state index in [0.717, 1.165) is 10.9 Å². The summed E-state index contributed by atoms with van der Waals surface area (Å²) in [5.41, 5.74) is 1.88. The fraction of sp³-hybridized carbons (Fsp3) is 0.111. The standard InChI is InChI=1S/C18H13BrO4/c1-10-9-16(20)23-17-11(2)15(8-7-12(10)17)22-18(21)13-5-3-4-6-14(13)19/h3-9H,1-2H3. The first-order chi connectivity index (χ1) is 11.0. The van der Waals surface area contributed by atoms with Crippen molar-refractivity contribution < 1.29 is 13.9 Å². The smallest absolute Gasteiger partial charge is 0.344 e. The second-order valence-electron chi connectivity index (χ2n) is 5.18. The first-order valence-electron chi connectivity index (χ1n) is 6.98. The van der Waals surface area contributed by atoms with Crippen LogP contribution in [0.3, 0.4) is 0 Å². The van der Waals surface area contributed by atoms with Crippen LogP contribution < -0.4 is 10.4 Å². The number of ether oxygens (including phenoxy) is 1. The maximum atomic E-state index is 12.3. The Morgan fingerprint density at radius 1 is 1.13 bits per heavy atom. The molecule has 0 spiro atoms. The molecule has 2 aromatic carbocycles. The van der Waals surface area contributed by atoms with Crippen molar-refractivity contribution >= 4 is 32.9 Å². The highest BCUT2D eigenvalue weighted by Gasteiger charge is 2.16. The Hall–Kier alpha value is -2.40. The Morgan fingerprint density at radius 3 is 2.61 bits per heavy atom. The van der Waals surface area contributed by atoms with Gasteiger partial charge in [-0.2, -0.15) is 0 Å². The summed E-state index contributed by atoms with van der Waals surface area (Å²) in [6.07, 6.45) is 0. The minimum Gasteiger partial charge on any atom is -0.422 e. The molecule has 0 amide bonds. The van der Waals surface area contributed by atoms with Gasteiger partial charge in [0.2, 0.25) is 0 Å². The quantitative estimate of drug-likeness (QED) is 0.380. The van der Waals surface area contributed by atoms with E-state index in [1.54, 1.807) is 37.3 Å². The number of carbonyl (C=O) groups excluding carboxylic acids is 1. The fourth-order valence-corrected chi connectivity index (χ4v) is 2.84. The summed E-state index contributed by atoms with van der Waals surface area (Å²) in [5, 5.41) is 0.822. The van der Waals surface area contributed by atoms with Crippen LogP contribution in [0, 0.1) is 13.8 Å². The molecule has 3 rings (SSSR count). The summed E-state index contributed by atoms with van der Waals surface area (Å²) in [5.74, 6) is -0.109. The number of hydrogen-bond donors (Lipinski definition) is 0. The molecule has 0 aliphatic carbocycles. The lowest BCUT2D eigenvalue weighted by molar-refractivity contribution is 0.0733. The molecule has 0 bridgehead atoms. The van der Waals surface area contributed by atoms with Crippen LogP contribution in [0.15, 0.2) is 56.1 Å². The molecule has 0 aliphatic heterocycles. The van der Waals surface area contributed by atoms with E-state index in [9.17, 15) is 9.59 Å². The maximum Gasteiger partial charge on any atom is 0.344 e. The highest BCUT2D eigenvalue weighted by atomic mass is 79.9. The first kappa shape index (κ1) is 15.5. The van der Waals surface area contributed by atoms with E-state index in [2.05, 4.69) is 15.9 Å². The van der Waals surface area contributed by atoms with Crippen molar-refractivity contribution in [1.82, 2.24) is 0 Å². The topological polar surface area (TPSA) is 56.5 Å². The van der Waals surface area contributed by atoms with E-state index in [1.165, 1.54) is 6.07 Å². The van der Waals surface area contributed by atoms with Gasteiger partial charge in [-0.1, -0.05) is 12.1 Å². The van der Waals surface area contributed by atoms with Crippen molar-refractivity contribution in [3.63, 3.8) is 0 Å². The molecule has 0 fully saturated rings. The average molecular weight is 373 g/mol. The van der Waals surface area contributed by atoms with E-state index in [0.29, 0.717) is 26.9 Å². The molecule has 0 atom stereocenters. The minimum atomic E-state index is -0.477. The normalized spacial score (nSPS) is 10.7. The van der Waals surface area contributed by atoms with Crippen LogP contribution in [0.1, 0.15) is 21.5 Å². The number of benzene rings is 2. The van der Waals surface area contributed by atoms with E-state index in [4.69, 9.17) is 9.15 Å². The second kappa shape index (κ2) is 6.01. The summed E-state index contributed by atoms with van der Waals surface area (Å²) in [7, 11) is 0. The molecule has 0 saturated heterocycles. The summed E-state index contributed by atoms with van der Waals surface area (Å²) < 4.78 is 11.4. The SMILES string of the molecule is Cc1cc(=O)oc2c(C)c(OC(=O)c3ccccc3Br)ccc12. The van der Waals surface area contributed by atoms with Crippen LogP contribution in [0.4, 0.5) is 0 Å². The lowest BCUT2D eigenvalue weighted by atomic mass is 10.1. The molecular formula is C18H13BrO4. The molecule has 4 nitrogen and oxygen atoms in total. The number of carbonyl (C=O) groups is 1. The van der Waals surface area contributed by atoms with E-state index >= 15 is 0 Å². The molecule has 23 heavy (non-hydrogen) atoms. The van der Waals surface area contributed by atoms with Gasteiger partial charge in [0.1, 0.15) is 11.3 Å². The van der Waals surface area contributed by atoms with Crippen molar-refractivity contribution in [3.05, 3.63) is 74.0 Å². The number of esters is 1. The van der Waals surface area contributed by atoms with Crippen molar-refractivity contribution in [2.24, 2.45) is 0 Å². The molecular weight excluding hydrogens is 360 g/mol. The number of aryl methyl sites for hydroxylation is 2. The molecule has 0 N–H and O–H groups in total. The van der Waals surface area contributed by atoms with Crippen LogP contribution in [-0.4, -0.2) is 5.97 Å². The summed E-state index contributed by atoms with van der Waals surface area (Å²) >= 11 is 3.33. The second-order valence-corrected chi connectivity index (χ2v) is 6.04. The molecule has 0 aliphatic rings. The average Bonchev–Trinajstić information content (AvgIpc) is 2.51. The first-order valence-corrected chi connectivity index (χ1v) is 7.77. The number of rotatable bonds is 2. The van der Waals surface area contributed by atoms with Crippen molar-refractivity contribution in [1.29, 1.82) is 0 Å². The Bertz CT molecular complexity index is 972. The lowest BCUT2D eigenvalue weighted by Crippen LogP contribution is -2.10. The van der Waals surface area contributed by atoms with Crippen LogP contribution in [-0.2, 0) is 0 Å². The van der Waals surface area contributed by atoms with Gasteiger partial charge < -0.3 is 9.15 Å². The fourth-order valence-electron chi connectivity index (χ4n) is 2.39. The number of halogens is 1. The maximum absolute atomic E-state index is 12.3. The summed E-state index contributed by atoms with van der Waals surface area (Å²) in [6.45, 7) is 3.60. The lowest BCUT2D eigenvalue weighted by Gasteiger charge is -2.10.